The summed E-state index contributed by atoms with van der Waals surface area (Å²) in [7, 11) is 0. The fraction of sp³-hybridized carbons (Fsp3) is 0.412. The maximum Gasteiger partial charge on any atom is 0.105 e. The highest BCUT2D eigenvalue weighted by molar-refractivity contribution is 9.09. The van der Waals surface area contributed by atoms with Gasteiger partial charge >= 0.3 is 0 Å². The van der Waals surface area contributed by atoms with Gasteiger partial charge in [-0.1, -0.05) is 54.0 Å². The van der Waals surface area contributed by atoms with Crippen LogP contribution in [-0.2, 0) is 6.42 Å². The fourth-order valence-electron chi connectivity index (χ4n) is 2.38. The Labute approximate surface area is 124 Å². The van der Waals surface area contributed by atoms with Gasteiger partial charge in [-0.2, -0.15) is 0 Å². The molecule has 19 heavy (non-hydrogen) atoms. The summed E-state index contributed by atoms with van der Waals surface area (Å²) >= 11 is 3.77. The van der Waals surface area contributed by atoms with E-state index in [1.807, 2.05) is 13.8 Å². The Hall–Kier alpha value is -1.02. The van der Waals surface area contributed by atoms with Crippen LogP contribution in [0.25, 0.3) is 0 Å². The highest BCUT2D eigenvalue weighted by atomic mass is 79.9. The number of alkyl halides is 1. The van der Waals surface area contributed by atoms with Gasteiger partial charge in [0.2, 0.25) is 0 Å². The van der Waals surface area contributed by atoms with Gasteiger partial charge in [0.05, 0.1) is 4.83 Å². The molecule has 0 N–H and O–H groups in total. The van der Waals surface area contributed by atoms with Crippen molar-refractivity contribution in [3.05, 3.63) is 58.5 Å². The molecule has 102 valence electrons. The Morgan fingerprint density at radius 1 is 1.11 bits per heavy atom. The molecule has 0 aliphatic heterocycles. The molecule has 0 saturated heterocycles. The highest BCUT2D eigenvalue weighted by Crippen LogP contribution is 2.34. The van der Waals surface area contributed by atoms with Crippen LogP contribution in [0.4, 0.5) is 0 Å². The standard InChI is InChI=1S/C17H21BrO/c1-11(2)9-14-5-7-15(8-6-14)17(18)16-10-12(3)19-13(16)4/h5-8,10-11,17H,9H2,1-4H3. The van der Waals surface area contributed by atoms with Crippen molar-refractivity contribution in [2.24, 2.45) is 5.92 Å². The SMILES string of the molecule is Cc1cc(C(Br)c2ccc(CC(C)C)cc2)c(C)o1. The van der Waals surface area contributed by atoms with E-state index in [1.165, 1.54) is 16.7 Å². The first kappa shape index (κ1) is 14.4. The monoisotopic (exact) mass is 320 g/mol. The molecule has 1 aromatic heterocycles. The van der Waals surface area contributed by atoms with Crippen LogP contribution in [0, 0.1) is 19.8 Å². The van der Waals surface area contributed by atoms with Gasteiger partial charge in [-0.15, -0.1) is 0 Å². The Kier molecular flexibility index (Phi) is 4.51. The summed E-state index contributed by atoms with van der Waals surface area (Å²) in [4.78, 5) is 0.207. The van der Waals surface area contributed by atoms with Gasteiger partial charge < -0.3 is 4.42 Å². The van der Waals surface area contributed by atoms with Crippen molar-refractivity contribution in [1.82, 2.24) is 0 Å². The van der Waals surface area contributed by atoms with Gasteiger partial charge in [-0.3, -0.25) is 0 Å². The highest BCUT2D eigenvalue weighted by Gasteiger charge is 2.16. The van der Waals surface area contributed by atoms with Crippen molar-refractivity contribution in [3.8, 4) is 0 Å². The summed E-state index contributed by atoms with van der Waals surface area (Å²) in [6.07, 6.45) is 1.14. The summed E-state index contributed by atoms with van der Waals surface area (Å²) in [6.45, 7) is 8.50. The molecule has 2 heteroatoms. The molecule has 1 heterocycles. The maximum absolute atomic E-state index is 5.60. The van der Waals surface area contributed by atoms with E-state index in [2.05, 4.69) is 60.1 Å². The van der Waals surface area contributed by atoms with Crippen molar-refractivity contribution in [1.29, 1.82) is 0 Å². The van der Waals surface area contributed by atoms with Gasteiger partial charge in [0, 0.05) is 5.56 Å². The molecule has 2 aromatic rings. The second-order valence-corrected chi connectivity index (χ2v) is 6.49. The lowest BCUT2D eigenvalue weighted by atomic mass is 9.99. The molecule has 0 bridgehead atoms. The number of halogens is 1. The first-order chi connectivity index (χ1) is 8.97. The Bertz CT molecular complexity index is 537. The van der Waals surface area contributed by atoms with Gasteiger partial charge in [0.25, 0.3) is 0 Å². The van der Waals surface area contributed by atoms with E-state index < -0.39 is 0 Å². The molecule has 0 saturated carbocycles. The first-order valence-corrected chi connectivity index (χ1v) is 7.68. The summed E-state index contributed by atoms with van der Waals surface area (Å²) in [5.74, 6) is 2.66. The summed E-state index contributed by atoms with van der Waals surface area (Å²) < 4.78 is 5.60. The van der Waals surface area contributed by atoms with Gasteiger partial charge in [-0.25, -0.2) is 0 Å². The van der Waals surface area contributed by atoms with Crippen molar-refractivity contribution in [3.63, 3.8) is 0 Å². The van der Waals surface area contributed by atoms with Crippen molar-refractivity contribution in [2.45, 2.75) is 38.9 Å². The lowest BCUT2D eigenvalue weighted by Gasteiger charge is -2.11. The third kappa shape index (κ3) is 3.50. The quantitative estimate of drug-likeness (QED) is 0.670. The maximum atomic E-state index is 5.60. The second-order valence-electron chi connectivity index (χ2n) is 5.57. The van der Waals surface area contributed by atoms with Crippen LogP contribution in [-0.4, -0.2) is 0 Å². The fourth-order valence-corrected chi connectivity index (χ4v) is 3.14. The zero-order chi connectivity index (χ0) is 14.0. The molecule has 1 unspecified atom stereocenters. The van der Waals surface area contributed by atoms with Gasteiger partial charge in [0.15, 0.2) is 0 Å². The third-order valence-electron chi connectivity index (χ3n) is 3.27. The molecule has 0 aliphatic rings. The van der Waals surface area contributed by atoms with Crippen LogP contribution in [0.15, 0.2) is 34.7 Å². The average molecular weight is 321 g/mol. The van der Waals surface area contributed by atoms with E-state index in [9.17, 15) is 0 Å². The van der Waals surface area contributed by atoms with Crippen LogP contribution >= 0.6 is 15.9 Å². The van der Waals surface area contributed by atoms with E-state index in [0.29, 0.717) is 5.92 Å². The van der Waals surface area contributed by atoms with Crippen LogP contribution < -0.4 is 0 Å². The number of benzene rings is 1. The molecule has 1 aromatic carbocycles. The topological polar surface area (TPSA) is 13.1 Å². The van der Waals surface area contributed by atoms with E-state index in [4.69, 9.17) is 4.42 Å². The van der Waals surface area contributed by atoms with Crippen molar-refractivity contribution in [2.75, 3.05) is 0 Å². The third-order valence-corrected chi connectivity index (χ3v) is 4.29. The number of hydrogen-bond donors (Lipinski definition) is 0. The second kappa shape index (κ2) is 5.96. The normalized spacial score (nSPS) is 12.9. The molecule has 1 atom stereocenters. The minimum atomic E-state index is 0.207. The average Bonchev–Trinajstić information content (AvgIpc) is 2.68. The van der Waals surface area contributed by atoms with E-state index in [1.54, 1.807) is 0 Å². The molecular formula is C17H21BrO. The molecule has 0 fully saturated rings. The van der Waals surface area contributed by atoms with Crippen molar-refractivity contribution >= 4 is 15.9 Å². The van der Waals surface area contributed by atoms with Crippen LogP contribution in [0.1, 0.15) is 46.9 Å². The smallest absolute Gasteiger partial charge is 0.105 e. The van der Waals surface area contributed by atoms with E-state index in [0.717, 1.165) is 17.9 Å². The van der Waals surface area contributed by atoms with Crippen molar-refractivity contribution < 1.29 is 4.42 Å². The van der Waals surface area contributed by atoms with Crippen LogP contribution in [0.5, 0.6) is 0 Å². The van der Waals surface area contributed by atoms with E-state index >= 15 is 0 Å². The van der Waals surface area contributed by atoms with Gasteiger partial charge in [-0.05, 0) is 43.4 Å². The van der Waals surface area contributed by atoms with Crippen LogP contribution in [0.2, 0.25) is 0 Å². The number of aryl methyl sites for hydroxylation is 2. The number of rotatable bonds is 4. The Balaban J connectivity index is 2.20. The molecule has 0 radical (unpaired) electrons. The molecule has 0 spiro atoms. The Morgan fingerprint density at radius 2 is 1.74 bits per heavy atom. The molecule has 1 nitrogen and oxygen atoms in total. The van der Waals surface area contributed by atoms with Crippen LogP contribution in [0.3, 0.4) is 0 Å². The summed E-state index contributed by atoms with van der Waals surface area (Å²) in [5, 5.41) is 0. The zero-order valence-electron chi connectivity index (χ0n) is 12.0. The number of hydrogen-bond acceptors (Lipinski definition) is 1. The molecule has 0 aliphatic carbocycles. The molecule has 2 rings (SSSR count). The predicted octanol–water partition coefficient (Wildman–Crippen LogP) is 5.58. The minimum absolute atomic E-state index is 0.207. The summed E-state index contributed by atoms with van der Waals surface area (Å²) in [6, 6.07) is 11.0. The largest absolute Gasteiger partial charge is 0.466 e. The number of furan rings is 1. The summed E-state index contributed by atoms with van der Waals surface area (Å²) in [5.41, 5.74) is 3.89. The minimum Gasteiger partial charge on any atom is -0.466 e. The molecule has 0 amide bonds. The lowest BCUT2D eigenvalue weighted by molar-refractivity contribution is 0.502. The Morgan fingerprint density at radius 3 is 2.21 bits per heavy atom. The predicted molar refractivity (Wildman–Crippen MR) is 83.9 cm³/mol. The zero-order valence-corrected chi connectivity index (χ0v) is 13.6. The molecular weight excluding hydrogens is 300 g/mol. The lowest BCUT2D eigenvalue weighted by Crippen LogP contribution is -1.96. The van der Waals surface area contributed by atoms with E-state index in [-0.39, 0.29) is 4.83 Å². The first-order valence-electron chi connectivity index (χ1n) is 6.77. The van der Waals surface area contributed by atoms with Gasteiger partial charge in [0.1, 0.15) is 11.5 Å².